The summed E-state index contributed by atoms with van der Waals surface area (Å²) in [5.41, 5.74) is 7.33. The van der Waals surface area contributed by atoms with Crippen LogP contribution >= 0.6 is 0 Å². The van der Waals surface area contributed by atoms with Crippen LogP contribution in [0.2, 0.25) is 0 Å². The standard InChI is InChI=1S/C16H23N3O/c17-13-4-9-18-14(12-13)15(20)19-10-7-16(8-11-19)5-2-1-3-6-16/h4,9,12H,1-3,5-8,10-11H2,(H2,17,18). The first-order chi connectivity index (χ1) is 9.69. The van der Waals surface area contributed by atoms with E-state index in [1.54, 1.807) is 18.3 Å². The van der Waals surface area contributed by atoms with Gasteiger partial charge in [0.05, 0.1) is 0 Å². The molecule has 4 heteroatoms. The van der Waals surface area contributed by atoms with Crippen LogP contribution in [0, 0.1) is 5.41 Å². The second-order valence-corrected chi connectivity index (χ2v) is 6.33. The summed E-state index contributed by atoms with van der Waals surface area (Å²) >= 11 is 0. The third kappa shape index (κ3) is 2.65. The first kappa shape index (κ1) is 13.4. The Bertz CT molecular complexity index is 484. The van der Waals surface area contributed by atoms with E-state index in [0.717, 1.165) is 25.9 Å². The van der Waals surface area contributed by atoms with Gasteiger partial charge in [0, 0.05) is 25.0 Å². The molecule has 1 aromatic heterocycles. The molecule has 1 aromatic rings. The molecule has 1 spiro atoms. The Morgan fingerprint density at radius 3 is 2.50 bits per heavy atom. The molecule has 1 aliphatic heterocycles. The minimum absolute atomic E-state index is 0.0305. The first-order valence-corrected chi connectivity index (χ1v) is 7.69. The van der Waals surface area contributed by atoms with Gasteiger partial charge in [-0.25, -0.2) is 0 Å². The van der Waals surface area contributed by atoms with Crippen LogP contribution in [0.5, 0.6) is 0 Å². The number of aromatic nitrogens is 1. The van der Waals surface area contributed by atoms with E-state index in [-0.39, 0.29) is 5.91 Å². The Labute approximate surface area is 120 Å². The summed E-state index contributed by atoms with van der Waals surface area (Å²) in [6, 6.07) is 3.39. The summed E-state index contributed by atoms with van der Waals surface area (Å²) in [5, 5.41) is 0. The number of carbonyl (C=O) groups is 1. The van der Waals surface area contributed by atoms with E-state index in [0.29, 0.717) is 16.8 Å². The molecule has 2 aliphatic rings. The summed E-state index contributed by atoms with van der Waals surface area (Å²) in [5.74, 6) is 0.0305. The average Bonchev–Trinajstić information content (AvgIpc) is 2.48. The third-order valence-corrected chi connectivity index (χ3v) is 5.03. The van der Waals surface area contributed by atoms with Crippen molar-refractivity contribution in [3.05, 3.63) is 24.0 Å². The number of nitrogen functional groups attached to an aromatic ring is 1. The molecule has 3 rings (SSSR count). The number of piperidine rings is 1. The highest BCUT2D eigenvalue weighted by atomic mass is 16.2. The molecule has 4 nitrogen and oxygen atoms in total. The number of carbonyl (C=O) groups excluding carboxylic acids is 1. The summed E-state index contributed by atoms with van der Waals surface area (Å²) in [6.07, 6.45) is 10.7. The maximum Gasteiger partial charge on any atom is 0.272 e. The van der Waals surface area contributed by atoms with Crippen molar-refractivity contribution in [3.63, 3.8) is 0 Å². The van der Waals surface area contributed by atoms with Gasteiger partial charge in [0.15, 0.2) is 0 Å². The fourth-order valence-electron chi connectivity index (χ4n) is 3.71. The molecule has 0 aromatic carbocycles. The lowest BCUT2D eigenvalue weighted by molar-refractivity contribution is 0.0467. The van der Waals surface area contributed by atoms with E-state index < -0.39 is 0 Å². The lowest BCUT2D eigenvalue weighted by Gasteiger charge is -2.44. The lowest BCUT2D eigenvalue weighted by atomic mass is 9.68. The third-order valence-electron chi connectivity index (χ3n) is 5.03. The molecule has 2 fully saturated rings. The lowest BCUT2D eigenvalue weighted by Crippen LogP contribution is -2.44. The van der Waals surface area contributed by atoms with Crippen molar-refractivity contribution in [1.82, 2.24) is 9.88 Å². The fourth-order valence-corrected chi connectivity index (χ4v) is 3.71. The Kier molecular flexibility index (Phi) is 3.64. The molecule has 2 N–H and O–H groups in total. The van der Waals surface area contributed by atoms with Crippen molar-refractivity contribution in [1.29, 1.82) is 0 Å². The maximum atomic E-state index is 12.4. The summed E-state index contributed by atoms with van der Waals surface area (Å²) < 4.78 is 0. The van der Waals surface area contributed by atoms with Crippen LogP contribution in [0.25, 0.3) is 0 Å². The van der Waals surface area contributed by atoms with E-state index in [2.05, 4.69) is 4.98 Å². The molecule has 1 saturated heterocycles. The SMILES string of the molecule is Nc1ccnc(C(=O)N2CCC3(CCCCC3)CC2)c1. The monoisotopic (exact) mass is 273 g/mol. The van der Waals surface area contributed by atoms with Gasteiger partial charge < -0.3 is 10.6 Å². The number of likely N-dealkylation sites (tertiary alicyclic amines) is 1. The molecule has 1 amide bonds. The van der Waals surface area contributed by atoms with Gasteiger partial charge in [0.25, 0.3) is 5.91 Å². The minimum atomic E-state index is 0.0305. The molecular formula is C16H23N3O. The molecule has 1 saturated carbocycles. The molecule has 0 radical (unpaired) electrons. The predicted molar refractivity (Wildman–Crippen MR) is 79.3 cm³/mol. The van der Waals surface area contributed by atoms with Crippen LogP contribution in [-0.2, 0) is 0 Å². The molecule has 0 bridgehead atoms. The van der Waals surface area contributed by atoms with Gasteiger partial charge in [-0.05, 0) is 43.2 Å². The van der Waals surface area contributed by atoms with Crippen molar-refractivity contribution in [3.8, 4) is 0 Å². The van der Waals surface area contributed by atoms with Gasteiger partial charge in [0.1, 0.15) is 5.69 Å². The molecular weight excluding hydrogens is 250 g/mol. The van der Waals surface area contributed by atoms with E-state index in [9.17, 15) is 4.79 Å². The number of nitrogens with two attached hydrogens (primary N) is 1. The molecule has 0 unspecified atom stereocenters. The Hall–Kier alpha value is -1.58. The molecule has 108 valence electrons. The zero-order valence-corrected chi connectivity index (χ0v) is 12.0. The van der Waals surface area contributed by atoms with Crippen molar-refractivity contribution in [2.24, 2.45) is 5.41 Å². The number of hydrogen-bond donors (Lipinski definition) is 1. The number of hydrogen-bond acceptors (Lipinski definition) is 3. The van der Waals surface area contributed by atoms with Crippen LogP contribution in [0.3, 0.4) is 0 Å². The van der Waals surface area contributed by atoms with E-state index in [4.69, 9.17) is 5.73 Å². The Balaban J connectivity index is 1.64. The highest BCUT2D eigenvalue weighted by Gasteiger charge is 2.36. The average molecular weight is 273 g/mol. The summed E-state index contributed by atoms with van der Waals surface area (Å²) in [4.78, 5) is 18.5. The highest BCUT2D eigenvalue weighted by molar-refractivity contribution is 5.93. The van der Waals surface area contributed by atoms with Crippen LogP contribution < -0.4 is 5.73 Å². The second-order valence-electron chi connectivity index (χ2n) is 6.33. The number of amides is 1. The van der Waals surface area contributed by atoms with Crippen molar-refractivity contribution in [2.45, 2.75) is 44.9 Å². The van der Waals surface area contributed by atoms with Gasteiger partial charge in [0.2, 0.25) is 0 Å². The van der Waals surface area contributed by atoms with Gasteiger partial charge in [-0.3, -0.25) is 9.78 Å². The van der Waals surface area contributed by atoms with Crippen LogP contribution in [-0.4, -0.2) is 28.9 Å². The van der Waals surface area contributed by atoms with Gasteiger partial charge in [-0.2, -0.15) is 0 Å². The van der Waals surface area contributed by atoms with Crippen LogP contribution in [0.4, 0.5) is 5.69 Å². The molecule has 0 atom stereocenters. The Morgan fingerprint density at radius 2 is 1.85 bits per heavy atom. The van der Waals surface area contributed by atoms with Gasteiger partial charge >= 0.3 is 0 Å². The number of pyridine rings is 1. The largest absolute Gasteiger partial charge is 0.399 e. The topological polar surface area (TPSA) is 59.2 Å². The maximum absolute atomic E-state index is 12.4. The second kappa shape index (κ2) is 5.43. The van der Waals surface area contributed by atoms with Gasteiger partial charge in [-0.15, -0.1) is 0 Å². The van der Waals surface area contributed by atoms with Crippen molar-refractivity contribution >= 4 is 11.6 Å². The quantitative estimate of drug-likeness (QED) is 0.856. The van der Waals surface area contributed by atoms with E-state index in [1.807, 2.05) is 4.90 Å². The Morgan fingerprint density at radius 1 is 1.15 bits per heavy atom. The van der Waals surface area contributed by atoms with Crippen molar-refractivity contribution < 1.29 is 4.79 Å². The summed E-state index contributed by atoms with van der Waals surface area (Å²) in [6.45, 7) is 1.74. The number of rotatable bonds is 1. The zero-order valence-electron chi connectivity index (χ0n) is 12.0. The predicted octanol–water partition coefficient (Wildman–Crippen LogP) is 2.85. The fraction of sp³-hybridized carbons (Fsp3) is 0.625. The smallest absolute Gasteiger partial charge is 0.272 e. The van der Waals surface area contributed by atoms with Gasteiger partial charge in [-0.1, -0.05) is 19.3 Å². The minimum Gasteiger partial charge on any atom is -0.399 e. The molecule has 1 aliphatic carbocycles. The van der Waals surface area contributed by atoms with E-state index >= 15 is 0 Å². The zero-order chi connectivity index (χ0) is 14.0. The number of anilines is 1. The normalized spacial score (nSPS) is 21.9. The highest BCUT2D eigenvalue weighted by Crippen LogP contribution is 2.44. The summed E-state index contributed by atoms with van der Waals surface area (Å²) in [7, 11) is 0. The first-order valence-electron chi connectivity index (χ1n) is 7.69. The molecule has 2 heterocycles. The molecule has 20 heavy (non-hydrogen) atoms. The van der Waals surface area contributed by atoms with E-state index in [1.165, 1.54) is 32.1 Å². The van der Waals surface area contributed by atoms with Crippen LogP contribution in [0.15, 0.2) is 18.3 Å². The van der Waals surface area contributed by atoms with Crippen molar-refractivity contribution in [2.75, 3.05) is 18.8 Å². The van der Waals surface area contributed by atoms with Crippen LogP contribution in [0.1, 0.15) is 55.4 Å². The number of nitrogens with zero attached hydrogens (tertiary/aromatic N) is 2.